The predicted molar refractivity (Wildman–Crippen MR) is 101 cm³/mol. The maximum Gasteiger partial charge on any atom is 0.322 e. The highest BCUT2D eigenvalue weighted by molar-refractivity contribution is 5.89. The number of pyridine rings is 1. The lowest BCUT2D eigenvalue weighted by Gasteiger charge is -2.31. The van der Waals surface area contributed by atoms with Crippen molar-refractivity contribution < 1.29 is 9.78 Å². The van der Waals surface area contributed by atoms with E-state index in [0.717, 1.165) is 44.1 Å². The monoisotopic (exact) mass is 339 g/mol. The first-order valence-corrected chi connectivity index (χ1v) is 9.05. The van der Waals surface area contributed by atoms with Gasteiger partial charge in [-0.25, -0.2) is 9.78 Å². The third-order valence-electron chi connectivity index (χ3n) is 4.94. The van der Waals surface area contributed by atoms with Crippen LogP contribution in [-0.4, -0.2) is 37.1 Å². The van der Waals surface area contributed by atoms with Crippen LogP contribution in [0.2, 0.25) is 0 Å². The molecule has 3 rings (SSSR count). The van der Waals surface area contributed by atoms with E-state index >= 15 is 0 Å². The zero-order valence-corrected chi connectivity index (χ0v) is 15.0. The summed E-state index contributed by atoms with van der Waals surface area (Å²) in [5, 5.41) is 3.01. The summed E-state index contributed by atoms with van der Waals surface area (Å²) in [5.74, 6) is 1.65. The van der Waals surface area contributed by atoms with Crippen LogP contribution in [0.5, 0.6) is 0 Å². The van der Waals surface area contributed by atoms with Crippen LogP contribution in [0.3, 0.4) is 0 Å². The first-order valence-electron chi connectivity index (χ1n) is 9.05. The van der Waals surface area contributed by atoms with Crippen molar-refractivity contribution in [1.82, 2.24) is 4.90 Å². The molecule has 0 unspecified atom stereocenters. The molecule has 2 aromatic rings. The van der Waals surface area contributed by atoms with Gasteiger partial charge in [-0.15, -0.1) is 0 Å². The summed E-state index contributed by atoms with van der Waals surface area (Å²) in [7, 11) is 0. The standard InChI is InChI=1S/C20H26N4O/c1-3-16(2)17-7-9-18(10-8-17)22-20(25)24-14-12-23(13-15-24)19-6-4-5-11-21-19/h4-11,16H,3,12-15H2,1-2H3,(H,22,25)/p+1/t16-/m0/s1. The van der Waals surface area contributed by atoms with Crippen LogP contribution in [0, 0.1) is 0 Å². The van der Waals surface area contributed by atoms with E-state index in [-0.39, 0.29) is 6.03 Å². The minimum absolute atomic E-state index is 0.0204. The van der Waals surface area contributed by atoms with E-state index < -0.39 is 0 Å². The number of benzene rings is 1. The molecule has 1 aliphatic rings. The first kappa shape index (κ1) is 17.3. The number of urea groups is 1. The van der Waals surface area contributed by atoms with Gasteiger partial charge in [0.2, 0.25) is 0 Å². The molecule has 1 aliphatic heterocycles. The molecule has 132 valence electrons. The number of aromatic nitrogens is 1. The number of nitrogens with zero attached hydrogens (tertiary/aromatic N) is 2. The number of nitrogens with one attached hydrogen (secondary N) is 2. The summed E-state index contributed by atoms with van der Waals surface area (Å²) < 4.78 is 0. The maximum atomic E-state index is 12.5. The van der Waals surface area contributed by atoms with Crippen molar-refractivity contribution in [3.8, 4) is 0 Å². The number of piperazine rings is 1. The van der Waals surface area contributed by atoms with Crippen LogP contribution >= 0.6 is 0 Å². The van der Waals surface area contributed by atoms with Crippen LogP contribution in [-0.2, 0) is 0 Å². The van der Waals surface area contributed by atoms with E-state index in [0.29, 0.717) is 5.92 Å². The molecule has 2 N–H and O–H groups in total. The quantitative estimate of drug-likeness (QED) is 0.928. The Morgan fingerprint density at radius 2 is 1.84 bits per heavy atom. The van der Waals surface area contributed by atoms with Gasteiger partial charge < -0.3 is 10.2 Å². The SMILES string of the molecule is CC[C@H](C)c1ccc(NC(=O)N2CCN(c3cccc[nH+]3)CC2)cc1. The molecule has 1 saturated heterocycles. The summed E-state index contributed by atoms with van der Waals surface area (Å²) in [6.45, 7) is 7.52. The third kappa shape index (κ3) is 4.29. The second-order valence-corrected chi connectivity index (χ2v) is 6.58. The first-order chi connectivity index (χ1) is 12.2. The van der Waals surface area contributed by atoms with E-state index in [1.165, 1.54) is 5.56 Å². The number of hydrogen-bond donors (Lipinski definition) is 1. The molecule has 5 nitrogen and oxygen atoms in total. The van der Waals surface area contributed by atoms with Gasteiger partial charge in [-0.2, -0.15) is 0 Å². The Morgan fingerprint density at radius 3 is 2.44 bits per heavy atom. The van der Waals surface area contributed by atoms with E-state index in [1.54, 1.807) is 0 Å². The van der Waals surface area contributed by atoms with Crippen molar-refractivity contribution in [2.75, 3.05) is 36.4 Å². The normalized spacial score (nSPS) is 15.8. The van der Waals surface area contributed by atoms with Crippen LogP contribution in [0.15, 0.2) is 48.7 Å². The number of carbonyl (C=O) groups is 1. The molecular formula is C20H27N4O+. The van der Waals surface area contributed by atoms with Crippen molar-refractivity contribution in [1.29, 1.82) is 0 Å². The molecule has 1 atom stereocenters. The van der Waals surface area contributed by atoms with Gasteiger partial charge in [-0.1, -0.05) is 32.0 Å². The Morgan fingerprint density at radius 1 is 1.12 bits per heavy atom. The fraction of sp³-hybridized carbons (Fsp3) is 0.400. The molecule has 0 radical (unpaired) electrons. The summed E-state index contributed by atoms with van der Waals surface area (Å²) in [6.07, 6.45) is 3.05. The molecular weight excluding hydrogens is 312 g/mol. The van der Waals surface area contributed by atoms with Gasteiger partial charge in [0, 0.05) is 11.8 Å². The molecule has 25 heavy (non-hydrogen) atoms. The van der Waals surface area contributed by atoms with Crippen LogP contribution in [0.1, 0.15) is 31.7 Å². The molecule has 1 aromatic carbocycles. The largest absolute Gasteiger partial charge is 0.322 e. The van der Waals surface area contributed by atoms with Gasteiger partial charge in [0.25, 0.3) is 5.82 Å². The van der Waals surface area contributed by atoms with Crippen LogP contribution < -0.4 is 15.2 Å². The fourth-order valence-electron chi connectivity index (χ4n) is 3.06. The molecule has 0 spiro atoms. The van der Waals surface area contributed by atoms with Gasteiger partial charge >= 0.3 is 6.03 Å². The van der Waals surface area contributed by atoms with E-state index in [9.17, 15) is 4.79 Å². The van der Waals surface area contributed by atoms with Crippen molar-refractivity contribution in [2.45, 2.75) is 26.2 Å². The summed E-state index contributed by atoms with van der Waals surface area (Å²) in [5.41, 5.74) is 2.17. The zero-order chi connectivity index (χ0) is 17.6. The average Bonchev–Trinajstić information content (AvgIpc) is 2.68. The minimum Gasteiger partial charge on any atom is -0.317 e. The molecule has 0 bridgehead atoms. The number of amides is 2. The maximum absolute atomic E-state index is 12.5. The number of aromatic amines is 1. The van der Waals surface area contributed by atoms with Crippen molar-refractivity contribution in [3.05, 3.63) is 54.2 Å². The Labute approximate surface area is 149 Å². The fourth-order valence-corrected chi connectivity index (χ4v) is 3.06. The van der Waals surface area contributed by atoms with Gasteiger partial charge in [-0.3, -0.25) is 4.90 Å². The summed E-state index contributed by atoms with van der Waals surface area (Å²) >= 11 is 0. The zero-order valence-electron chi connectivity index (χ0n) is 15.0. The topological polar surface area (TPSA) is 49.7 Å². The van der Waals surface area contributed by atoms with Crippen molar-refractivity contribution >= 4 is 17.5 Å². The number of anilines is 2. The van der Waals surface area contributed by atoms with E-state index in [1.807, 2.05) is 35.4 Å². The Balaban J connectivity index is 1.53. The number of carbonyl (C=O) groups excluding carboxylic acids is 1. The Bertz CT molecular complexity index is 679. The summed E-state index contributed by atoms with van der Waals surface area (Å²) in [4.78, 5) is 19.9. The van der Waals surface area contributed by atoms with Gasteiger partial charge in [0.05, 0.1) is 19.3 Å². The molecule has 0 aliphatic carbocycles. The van der Waals surface area contributed by atoms with E-state index in [4.69, 9.17) is 0 Å². The Kier molecular flexibility index (Phi) is 5.53. The average molecular weight is 339 g/mol. The van der Waals surface area contributed by atoms with E-state index in [2.05, 4.69) is 47.2 Å². The number of rotatable bonds is 4. The molecule has 1 aromatic heterocycles. The second-order valence-electron chi connectivity index (χ2n) is 6.58. The Hall–Kier alpha value is -2.56. The van der Waals surface area contributed by atoms with Gasteiger partial charge in [0.15, 0.2) is 0 Å². The lowest BCUT2D eigenvalue weighted by atomic mass is 9.99. The molecule has 2 heterocycles. The van der Waals surface area contributed by atoms with Gasteiger partial charge in [-0.05, 0) is 36.1 Å². The van der Waals surface area contributed by atoms with Gasteiger partial charge in [0.1, 0.15) is 13.1 Å². The highest BCUT2D eigenvalue weighted by Gasteiger charge is 2.26. The lowest BCUT2D eigenvalue weighted by Crippen LogP contribution is -2.51. The van der Waals surface area contributed by atoms with Crippen molar-refractivity contribution in [3.63, 3.8) is 0 Å². The lowest BCUT2D eigenvalue weighted by molar-refractivity contribution is -0.364. The molecule has 0 saturated carbocycles. The summed E-state index contributed by atoms with van der Waals surface area (Å²) in [6, 6.07) is 14.2. The second kappa shape index (κ2) is 8.01. The smallest absolute Gasteiger partial charge is 0.317 e. The molecule has 5 heteroatoms. The molecule has 1 fully saturated rings. The number of hydrogen-bond acceptors (Lipinski definition) is 2. The molecule has 2 amide bonds. The van der Waals surface area contributed by atoms with Crippen LogP contribution in [0.4, 0.5) is 16.3 Å². The minimum atomic E-state index is -0.0204. The third-order valence-corrected chi connectivity index (χ3v) is 4.94. The highest BCUT2D eigenvalue weighted by Crippen LogP contribution is 2.20. The highest BCUT2D eigenvalue weighted by atomic mass is 16.2. The number of H-pyrrole nitrogens is 1. The van der Waals surface area contributed by atoms with Crippen LogP contribution in [0.25, 0.3) is 0 Å². The van der Waals surface area contributed by atoms with Crippen molar-refractivity contribution in [2.24, 2.45) is 0 Å². The predicted octanol–water partition coefficient (Wildman–Crippen LogP) is 3.37.